The average Bonchev–Trinajstić information content (AvgIpc) is 3.39. The molecule has 4 rings (SSSR count). The molecule has 0 saturated heterocycles. The van der Waals surface area contributed by atoms with Crippen LogP contribution in [0.5, 0.6) is 0 Å². The first-order chi connectivity index (χ1) is 19.2. The molecular weight excluding hydrogens is 567 g/mol. The number of hydrazone groups is 1. The Kier molecular flexibility index (Phi) is 9.84. The third-order valence-electron chi connectivity index (χ3n) is 6.33. The van der Waals surface area contributed by atoms with Crippen molar-refractivity contribution in [3.63, 3.8) is 0 Å². The molecule has 0 radical (unpaired) electrons. The zero-order chi connectivity index (χ0) is 28.7. The van der Waals surface area contributed by atoms with Crippen LogP contribution in [0.1, 0.15) is 43.7 Å². The van der Waals surface area contributed by atoms with E-state index in [4.69, 9.17) is 34.0 Å². The lowest BCUT2D eigenvalue weighted by atomic mass is 9.91. The molecule has 1 unspecified atom stereocenters. The summed E-state index contributed by atoms with van der Waals surface area (Å²) >= 11 is 12.1. The number of benzene rings is 3. The van der Waals surface area contributed by atoms with Crippen LogP contribution in [0.4, 0.5) is 0 Å². The van der Waals surface area contributed by atoms with E-state index in [2.05, 4.69) is 9.39 Å². The predicted octanol–water partition coefficient (Wildman–Crippen LogP) is 5.98. The van der Waals surface area contributed by atoms with Crippen molar-refractivity contribution >= 4 is 50.9 Å². The van der Waals surface area contributed by atoms with Crippen LogP contribution in [-0.2, 0) is 10.0 Å². The second-order valence-corrected chi connectivity index (χ2v) is 11.8. The predicted molar refractivity (Wildman–Crippen MR) is 164 cm³/mol. The lowest BCUT2D eigenvalue weighted by Crippen LogP contribution is -2.40. The summed E-state index contributed by atoms with van der Waals surface area (Å²) in [6, 6.07) is 23.1. The van der Waals surface area contributed by atoms with E-state index < -0.39 is 10.0 Å². The fraction of sp³-hybridized carbons (Fsp3) is 0.276. The molecule has 0 aromatic heterocycles. The summed E-state index contributed by atoms with van der Waals surface area (Å²) in [5, 5.41) is 7.39. The van der Waals surface area contributed by atoms with Crippen molar-refractivity contribution in [3.8, 4) is 0 Å². The summed E-state index contributed by atoms with van der Waals surface area (Å²) in [7, 11) is -4.16. The van der Waals surface area contributed by atoms with Crippen molar-refractivity contribution < 1.29 is 8.42 Å². The molecule has 2 N–H and O–H groups in total. The number of nitrogens with two attached hydrogens (primary N) is 1. The van der Waals surface area contributed by atoms with Crippen LogP contribution in [0, 0.1) is 0 Å². The first kappa shape index (κ1) is 29.6. The number of hydrogen-bond donors (Lipinski definition) is 1. The maximum absolute atomic E-state index is 13.4. The topological polar surface area (TPSA) is 104 Å². The third kappa shape index (κ3) is 7.21. The van der Waals surface area contributed by atoms with Crippen LogP contribution in [0.2, 0.25) is 10.0 Å². The quantitative estimate of drug-likeness (QED) is 0.254. The highest BCUT2D eigenvalue weighted by atomic mass is 35.5. The molecule has 11 heteroatoms. The van der Waals surface area contributed by atoms with Gasteiger partial charge in [0.1, 0.15) is 0 Å². The second kappa shape index (κ2) is 13.3. The first-order valence-electron chi connectivity index (χ1n) is 13.1. The van der Waals surface area contributed by atoms with Crippen LogP contribution >= 0.6 is 23.2 Å². The van der Waals surface area contributed by atoms with E-state index in [0.717, 1.165) is 29.7 Å². The first-order valence-corrected chi connectivity index (χ1v) is 15.3. The van der Waals surface area contributed by atoms with Gasteiger partial charge in [0.25, 0.3) is 16.0 Å². The van der Waals surface area contributed by atoms with Gasteiger partial charge in [-0.1, -0.05) is 79.5 Å². The molecule has 0 bridgehead atoms. The van der Waals surface area contributed by atoms with E-state index in [1.807, 2.05) is 61.2 Å². The Balaban J connectivity index is 1.84. The zero-order valence-electron chi connectivity index (χ0n) is 22.4. The number of aliphatic imine (C=N–C) groups is 1. The molecule has 210 valence electrons. The maximum atomic E-state index is 13.4. The van der Waals surface area contributed by atoms with Gasteiger partial charge in [0.2, 0.25) is 0 Å². The maximum Gasteiger partial charge on any atom is 0.285 e. The van der Waals surface area contributed by atoms with Crippen molar-refractivity contribution in [1.29, 1.82) is 0 Å². The van der Waals surface area contributed by atoms with Gasteiger partial charge < -0.3 is 10.6 Å². The Bertz CT molecular complexity index is 1490. The molecule has 0 spiro atoms. The van der Waals surface area contributed by atoms with E-state index in [0.29, 0.717) is 29.7 Å². The summed E-state index contributed by atoms with van der Waals surface area (Å²) < 4.78 is 31.0. The summed E-state index contributed by atoms with van der Waals surface area (Å²) in [5.41, 5.74) is 9.06. The largest absolute Gasteiger partial charge is 0.369 e. The Morgan fingerprint density at radius 3 is 2.10 bits per heavy atom. The summed E-state index contributed by atoms with van der Waals surface area (Å²) in [6.07, 6.45) is 1.70. The summed E-state index contributed by atoms with van der Waals surface area (Å²) in [6.45, 7) is 5.75. The van der Waals surface area contributed by atoms with Crippen LogP contribution in [0.25, 0.3) is 0 Å². The van der Waals surface area contributed by atoms with E-state index in [9.17, 15) is 8.42 Å². The smallest absolute Gasteiger partial charge is 0.285 e. The minimum atomic E-state index is -4.16. The minimum absolute atomic E-state index is 0.0112. The van der Waals surface area contributed by atoms with Crippen LogP contribution < -0.4 is 5.73 Å². The Morgan fingerprint density at radius 2 is 1.52 bits per heavy atom. The molecule has 40 heavy (non-hydrogen) atoms. The van der Waals surface area contributed by atoms with Crippen LogP contribution in [-0.4, -0.2) is 55.6 Å². The molecule has 1 heterocycles. The molecule has 0 aliphatic carbocycles. The number of halogens is 2. The summed E-state index contributed by atoms with van der Waals surface area (Å²) in [4.78, 5) is 6.46. The molecule has 1 aliphatic rings. The van der Waals surface area contributed by atoms with Crippen molar-refractivity contribution in [1.82, 2.24) is 9.91 Å². The summed E-state index contributed by atoms with van der Waals surface area (Å²) in [5.74, 6) is -0.112. The molecular formula is C29H32Cl2N6O2S. The van der Waals surface area contributed by atoms with Crippen molar-refractivity contribution in [2.45, 2.75) is 37.5 Å². The zero-order valence-corrected chi connectivity index (χ0v) is 24.7. The van der Waals surface area contributed by atoms with Crippen molar-refractivity contribution in [3.05, 3.63) is 100 Å². The monoisotopic (exact) mass is 598 g/mol. The van der Waals surface area contributed by atoms with E-state index in [1.54, 1.807) is 12.1 Å². The van der Waals surface area contributed by atoms with Crippen LogP contribution in [0.15, 0.2) is 98.2 Å². The Morgan fingerprint density at radius 1 is 0.950 bits per heavy atom. The van der Waals surface area contributed by atoms with Gasteiger partial charge in [-0.05, 0) is 60.4 Å². The number of guanidine groups is 2. The fourth-order valence-corrected chi connectivity index (χ4v) is 5.59. The normalized spacial score (nSPS) is 16.2. The van der Waals surface area contributed by atoms with Crippen LogP contribution in [0.3, 0.4) is 0 Å². The standard InChI is InChI=1S/C29H32Cl2N6O2S/c1-3-18-36(19-4-2)28(32)33-29(35-40(38,39)25-16-14-24(31)15-17-25)37-20-26(21-8-6-5-7-9-21)27(34-37)22-10-12-23(30)13-11-22/h5-17,26H,3-4,18-20H2,1-2H3,(H2,32,33,35). The Labute approximate surface area is 245 Å². The highest BCUT2D eigenvalue weighted by Crippen LogP contribution is 2.30. The minimum Gasteiger partial charge on any atom is -0.369 e. The fourth-order valence-electron chi connectivity index (χ4n) is 4.40. The molecule has 0 amide bonds. The van der Waals surface area contributed by atoms with Crippen molar-refractivity contribution in [2.24, 2.45) is 20.2 Å². The Hall–Kier alpha value is -3.40. The molecule has 0 saturated carbocycles. The van der Waals surface area contributed by atoms with Crippen molar-refractivity contribution in [2.75, 3.05) is 19.6 Å². The number of hydrogen-bond acceptors (Lipinski definition) is 3. The van der Waals surface area contributed by atoms with Gasteiger partial charge in [0.15, 0.2) is 5.96 Å². The van der Waals surface area contributed by atoms with Gasteiger partial charge in [-0.15, -0.1) is 4.40 Å². The van der Waals surface area contributed by atoms with E-state index in [-0.39, 0.29) is 22.7 Å². The SMILES string of the molecule is CCCN(CCC)/C(N)=N/C(=N/S(=O)(=O)c1ccc(Cl)cc1)N1CC(c2ccccc2)C(c2ccc(Cl)cc2)=N1. The second-order valence-electron chi connectivity index (χ2n) is 9.31. The van der Waals surface area contributed by atoms with Gasteiger partial charge >= 0.3 is 0 Å². The van der Waals surface area contributed by atoms with Gasteiger partial charge in [-0.3, -0.25) is 0 Å². The number of sulfonamides is 1. The lowest BCUT2D eigenvalue weighted by Gasteiger charge is -2.23. The number of rotatable bonds is 8. The van der Waals surface area contributed by atoms with Gasteiger partial charge in [-0.2, -0.15) is 18.5 Å². The van der Waals surface area contributed by atoms with Gasteiger partial charge in [-0.25, -0.2) is 5.01 Å². The number of nitrogens with zero attached hydrogens (tertiary/aromatic N) is 5. The van der Waals surface area contributed by atoms with E-state index >= 15 is 0 Å². The molecule has 3 aromatic carbocycles. The molecule has 3 aromatic rings. The molecule has 0 fully saturated rings. The average molecular weight is 600 g/mol. The highest BCUT2D eigenvalue weighted by Gasteiger charge is 2.33. The highest BCUT2D eigenvalue weighted by molar-refractivity contribution is 7.90. The third-order valence-corrected chi connectivity index (χ3v) is 8.10. The van der Waals surface area contributed by atoms with E-state index in [1.165, 1.54) is 29.3 Å². The van der Waals surface area contributed by atoms with Gasteiger partial charge in [0.05, 0.1) is 17.2 Å². The molecule has 1 aliphatic heterocycles. The van der Waals surface area contributed by atoms with Gasteiger partial charge in [0, 0.05) is 29.1 Å². The molecule has 8 nitrogen and oxygen atoms in total. The lowest BCUT2D eigenvalue weighted by molar-refractivity contribution is 0.410. The molecule has 1 atom stereocenters.